The van der Waals surface area contributed by atoms with Gasteiger partial charge in [-0.3, -0.25) is 12.5 Å². The van der Waals surface area contributed by atoms with Crippen LogP contribution in [0.4, 0.5) is 0 Å². The van der Waals surface area contributed by atoms with Crippen LogP contribution in [0.3, 0.4) is 0 Å². The molecule has 0 bridgehead atoms. The van der Waals surface area contributed by atoms with Crippen LogP contribution in [0.15, 0.2) is 0 Å². The van der Waals surface area contributed by atoms with Crippen molar-refractivity contribution in [2.24, 2.45) is 76.9 Å². The summed E-state index contributed by atoms with van der Waals surface area (Å²) in [5.41, 5.74) is 0. The third-order valence-electron chi connectivity index (χ3n) is 32.2. The molecule has 50 nitrogen and oxygen atoms in total. The predicted molar refractivity (Wildman–Crippen MR) is 513 cm³/mol. The van der Waals surface area contributed by atoms with Crippen molar-refractivity contribution in [3.05, 3.63) is 0 Å². The largest absolute Gasteiger partial charge is 0.726 e. The first kappa shape index (κ1) is 127. The third-order valence-corrected chi connectivity index (χ3v) is 33.6. The molecule has 0 aromatic heterocycles. The van der Waals surface area contributed by atoms with Crippen molar-refractivity contribution in [1.29, 1.82) is 0 Å². The van der Waals surface area contributed by atoms with Crippen LogP contribution in [0.2, 0.25) is 0 Å². The molecular weight excluding hydrogens is 2060 g/mol. The van der Waals surface area contributed by atoms with Gasteiger partial charge in [0.05, 0.1) is 127 Å². The zero-order valence-electron chi connectivity index (χ0n) is 93.2. The Morgan fingerprint density at radius 1 is 0.180 bits per heavy atom. The Bertz CT molecular complexity index is 4290. The maximum atomic E-state index is 13.1. The summed E-state index contributed by atoms with van der Waals surface area (Å²) in [5.74, 6) is -3.78. The van der Waals surface area contributed by atoms with E-state index in [1.807, 2.05) is 48.5 Å². The summed E-state index contributed by atoms with van der Waals surface area (Å²) in [6.45, 7) is 27.6. The highest BCUT2D eigenvalue weighted by atomic mass is 32.3. The summed E-state index contributed by atoms with van der Waals surface area (Å²) in [6.07, 6.45) is -46.1. The van der Waals surface area contributed by atoms with Crippen LogP contribution in [0.5, 0.6) is 0 Å². The van der Waals surface area contributed by atoms with Gasteiger partial charge < -0.3 is 194 Å². The molecule has 11 heterocycles. The van der Waals surface area contributed by atoms with Crippen LogP contribution < -0.4 is 0 Å². The topological polar surface area (TPSA) is 550 Å². The van der Waals surface area contributed by atoms with Crippen LogP contribution in [-0.4, -0.2) is 484 Å². The molecule has 11 saturated heterocycles. The summed E-state index contributed by atoms with van der Waals surface area (Å²) in [4.78, 5) is 0. The van der Waals surface area contributed by atoms with Crippen LogP contribution in [0.25, 0.3) is 0 Å². The second kappa shape index (κ2) is 58.3. The van der Waals surface area contributed by atoms with Gasteiger partial charge in [-0.15, -0.1) is 0 Å². The third kappa shape index (κ3) is 30.6. The molecule has 11 aliphatic rings. The van der Waals surface area contributed by atoms with Gasteiger partial charge in [0.2, 0.25) is 31.2 Å². The van der Waals surface area contributed by atoms with Gasteiger partial charge in [-0.05, 0) is 49.3 Å². The molecule has 0 aromatic rings. The Balaban J connectivity index is 0.730. The van der Waals surface area contributed by atoms with Crippen molar-refractivity contribution in [2.45, 2.75) is 362 Å². The standard InChI is InChI=1S/C97H174O50S3/c1-43-44(2)69(58(33-107-16)124-56(43)14)140-92-76(117-26)53(11)73(62(129-92)37-111-20)138-90-51(9)47(5)71(60(127-90)35-109-18)142-94-78(119-28)55(13)75(64(131-94)39-113-22)139-91-52(10)48(6)72(61(128-91)36-110-19)141-93-77(118-27)54(12)74(63(130-93)38-112-21)137-89-50(8)46(4)70(59(126-89)34-108-17)136-88-49(7)45(3)68(57(15)125-88)135-95-86(122-31)83(146-149(101,102)103)80(66(133-95)41-115-24)144-97-87(123-32)84(147-150(104,105)106)81(67(134-97)42-116-25)143-96-85(121-30)82(145-148(98,99)100)79(120-29)65(132-96)40-114-23/h43-97H,33-42H2,1-32H3,(H,98,99,100)(H,101,102,103)(H,104,105,106)/p-3/t43?,44-,45?,46?,47-,48-,49?,50?,51?,52?,53+,54+,55+,56+,57+,58?,59+,60?,61?,62?,63?,64?,65?,66?,67?,68+,69+,70+,71+,72+,73+,74+,75+,76?,77?,78?,79-,80-,81-,82+,83+,84+,85?,86?,87?,88-,89+,90-,91-,92+,93+,94+,95+,96+,97+/m1/s1/i15T. The highest BCUT2D eigenvalue weighted by Crippen LogP contribution is 2.50. The van der Waals surface area contributed by atoms with Crippen molar-refractivity contribution in [1.82, 2.24) is 0 Å². The van der Waals surface area contributed by atoms with E-state index in [2.05, 4.69) is 48.5 Å². The van der Waals surface area contributed by atoms with E-state index in [1.165, 1.54) is 28.4 Å². The molecule has 0 aromatic carbocycles. The Hall–Kier alpha value is -1.91. The summed E-state index contributed by atoms with van der Waals surface area (Å²) in [7, 11) is 6.95. The molecule has 0 radical (unpaired) electrons. The number of hydrogen-bond acceptors (Lipinski definition) is 50. The summed E-state index contributed by atoms with van der Waals surface area (Å²) in [6, 6.07) is 0. The van der Waals surface area contributed by atoms with Crippen LogP contribution >= 0.6 is 0 Å². The van der Waals surface area contributed by atoms with Gasteiger partial charge in [-0.2, -0.15) is 0 Å². The lowest BCUT2D eigenvalue weighted by Gasteiger charge is -2.53. The number of methoxy groups -OCH3 is 17. The van der Waals surface area contributed by atoms with Crippen molar-refractivity contribution in [2.75, 3.05) is 187 Å². The molecule has 0 aliphatic carbocycles. The minimum absolute atomic E-state index is 0.00839. The number of ether oxygens (including phenoxy) is 38. The van der Waals surface area contributed by atoms with E-state index < -0.39 is 315 Å². The molecule has 150 heavy (non-hydrogen) atoms. The lowest BCUT2D eigenvalue weighted by molar-refractivity contribution is -0.388. The first-order valence-corrected chi connectivity index (χ1v) is 55.3. The van der Waals surface area contributed by atoms with Gasteiger partial charge in [0.15, 0.2) is 62.9 Å². The molecule has 0 spiro atoms. The van der Waals surface area contributed by atoms with Crippen LogP contribution in [0.1, 0.15) is 105 Å². The molecule has 55 atom stereocenters. The van der Waals surface area contributed by atoms with E-state index in [9.17, 15) is 38.9 Å². The zero-order chi connectivity index (χ0) is 111. The lowest BCUT2D eigenvalue weighted by Crippen LogP contribution is -2.68. The molecule has 11 rings (SSSR count). The summed E-state index contributed by atoms with van der Waals surface area (Å²) >= 11 is 0. The normalized spacial score (nSPS) is 46.4. The number of rotatable bonds is 53. The van der Waals surface area contributed by atoms with Crippen molar-refractivity contribution < 1.29 is 233 Å². The fourth-order valence-corrected chi connectivity index (χ4v) is 24.6. The molecule has 0 amide bonds. The van der Waals surface area contributed by atoms with Gasteiger partial charge in [0, 0.05) is 164 Å². The Labute approximate surface area is 885 Å². The number of hydrogen-bond donors (Lipinski definition) is 0. The smallest absolute Gasteiger partial charge is 0.218 e. The molecule has 22 unspecified atom stereocenters. The van der Waals surface area contributed by atoms with Gasteiger partial charge in [-0.25, -0.2) is 25.3 Å². The van der Waals surface area contributed by atoms with Gasteiger partial charge in [0.25, 0.3) is 0 Å². The van der Waals surface area contributed by atoms with Gasteiger partial charge in [-0.1, -0.05) is 90.0 Å². The van der Waals surface area contributed by atoms with E-state index in [-0.39, 0.29) is 118 Å². The van der Waals surface area contributed by atoms with Crippen molar-refractivity contribution in [3.63, 3.8) is 0 Å². The molecule has 11 fully saturated rings. The van der Waals surface area contributed by atoms with E-state index in [0.717, 1.165) is 28.4 Å². The second-order valence-corrected chi connectivity index (χ2v) is 44.4. The molecule has 0 saturated carbocycles. The minimum atomic E-state index is -5.82. The van der Waals surface area contributed by atoms with E-state index in [1.54, 1.807) is 64.0 Å². The summed E-state index contributed by atoms with van der Waals surface area (Å²) < 4.78 is 381. The average Bonchev–Trinajstić information content (AvgIpc) is 0.754. The SMILES string of the molecule is [3H]C[C@@H]1O[C@H](O[C@H]2C(C)C(C)[C@H](O[C@@H]3C(COC)O[C@@H](O[C@@H]4C(COC)O[C@H](O[C@@H]5C(COC)O[C@@H](O[C@@H]6C(COC)O[C@H](O[C@@H]7C(COC)O[C@@H](O[C@@H]8C(COC)O[C@@H](C)C(C)[C@H]8C)C(OC)[C@H]7C)C(C)[C@H]6C)C(OC)[C@H]5C)C(C)[C@H]4C)C(OC)[C@H]3C)O[C@H]2COC)C(C)C(C)[C@@H]1O[C@@H]1OC(COC)[C@@H](O[C@@H]2OC(COC)[C@@H](O[C@@H]3OC(COC)[C@@H](OC)[C@H](OS(=O)(=O)[O-])C3OC)[C@H](OS(=O)(=O)[O-])C2OC)[C@H](OS(=O)(=O)[O-])C1OC. The molecule has 53 heteroatoms. The maximum Gasteiger partial charge on any atom is 0.218 e. The predicted octanol–water partition coefficient (Wildman–Crippen LogP) is 3.27. The fraction of sp³-hybridized carbons (Fsp3) is 1.00. The minimum Gasteiger partial charge on any atom is -0.726 e. The van der Waals surface area contributed by atoms with Crippen LogP contribution in [0, 0.1) is 76.9 Å². The molecule has 880 valence electrons. The van der Waals surface area contributed by atoms with Crippen molar-refractivity contribution >= 4 is 31.2 Å². The first-order valence-electron chi connectivity index (χ1n) is 52.0. The maximum absolute atomic E-state index is 13.1. The highest BCUT2D eigenvalue weighted by molar-refractivity contribution is 7.81. The Kier molecular flexibility index (Phi) is 49.2. The lowest BCUT2D eigenvalue weighted by atomic mass is 9.81. The highest BCUT2D eigenvalue weighted by Gasteiger charge is 2.63. The van der Waals surface area contributed by atoms with Gasteiger partial charge in [0.1, 0.15) is 134 Å². The molecule has 0 N–H and O–H groups in total. The monoisotopic (exact) mass is 2230 g/mol. The fourth-order valence-electron chi connectivity index (χ4n) is 23.1. The summed E-state index contributed by atoms with van der Waals surface area (Å²) in [5, 5.41) is 0. The van der Waals surface area contributed by atoms with E-state index in [0.29, 0.717) is 6.61 Å². The van der Waals surface area contributed by atoms with Gasteiger partial charge >= 0.3 is 0 Å². The average molecular weight is 2240 g/mol. The molecule has 11 aliphatic heterocycles. The quantitative estimate of drug-likeness (QED) is 0.0623. The van der Waals surface area contributed by atoms with E-state index >= 15 is 0 Å². The zero-order valence-corrected chi connectivity index (χ0v) is 94.6. The Morgan fingerprint density at radius 2 is 0.353 bits per heavy atom. The molecular formula is C97H171O50S3-3. The van der Waals surface area contributed by atoms with Crippen molar-refractivity contribution in [3.8, 4) is 0 Å². The van der Waals surface area contributed by atoms with Crippen LogP contribution in [-0.2, 0) is 224 Å². The first-order chi connectivity index (χ1) is 71.8. The second-order valence-electron chi connectivity index (χ2n) is 41.3. The van der Waals surface area contributed by atoms with E-state index in [4.69, 9.17) is 194 Å². The Morgan fingerprint density at radius 3 is 0.587 bits per heavy atom.